The molecule has 1 N–H and O–H groups in total. The van der Waals surface area contributed by atoms with Crippen molar-refractivity contribution in [2.45, 2.75) is 22.5 Å². The van der Waals surface area contributed by atoms with Crippen LogP contribution in [0.4, 0.5) is 0 Å². The Balaban J connectivity index is 2.50. The number of aromatic nitrogens is 2. The van der Waals surface area contributed by atoms with E-state index in [0.717, 1.165) is 15.7 Å². The predicted molar refractivity (Wildman–Crippen MR) is 83.7 cm³/mol. The molecule has 0 aromatic carbocycles. The van der Waals surface area contributed by atoms with Gasteiger partial charge in [-0.25, -0.2) is 0 Å². The van der Waals surface area contributed by atoms with Gasteiger partial charge in [0.15, 0.2) is 14.5 Å². The highest BCUT2D eigenvalue weighted by molar-refractivity contribution is 8.03. The molecule has 106 valence electrons. The fourth-order valence-corrected chi connectivity index (χ4v) is 3.89. The summed E-state index contributed by atoms with van der Waals surface area (Å²) in [6.45, 7) is 7.23. The van der Waals surface area contributed by atoms with Crippen molar-refractivity contribution in [3.63, 3.8) is 0 Å². The minimum atomic E-state index is -0.951. The number of rotatable bonds is 8. The van der Waals surface area contributed by atoms with E-state index in [1.807, 2.05) is 13.0 Å². The minimum absolute atomic E-state index is 0.0769. The summed E-state index contributed by atoms with van der Waals surface area (Å²) < 4.78 is 1.53. The summed E-state index contributed by atoms with van der Waals surface area (Å²) in [6, 6.07) is 1.84. The summed E-state index contributed by atoms with van der Waals surface area (Å²) in [5.41, 5.74) is 1.14. The highest BCUT2D eigenvalue weighted by atomic mass is 32.2. The van der Waals surface area contributed by atoms with Crippen molar-refractivity contribution in [3.05, 3.63) is 12.2 Å². The molecule has 0 fully saturated rings. The topological polar surface area (TPSA) is 90.5 Å². The number of ketones is 1. The van der Waals surface area contributed by atoms with Crippen molar-refractivity contribution in [2.75, 3.05) is 11.5 Å². The molecule has 0 saturated heterocycles. The summed E-state index contributed by atoms with van der Waals surface area (Å²) in [5.74, 6) is -0.292. The molecule has 0 aliphatic rings. The van der Waals surface area contributed by atoms with Gasteiger partial charge in [0.25, 0.3) is 0 Å². The van der Waals surface area contributed by atoms with Crippen LogP contribution in [0.25, 0.3) is 0 Å². The lowest BCUT2D eigenvalue weighted by Crippen LogP contribution is -2.21. The molecule has 1 aromatic heterocycles. The quantitative estimate of drug-likeness (QED) is 0.448. The molecule has 0 spiro atoms. The standard InChI is InChI=1S/C12H14N4OS3/c1-7(2)5-18-11-15-16-12(20-11)19-6-10(17)9(4-13)8(3)14/h9,14H,1,5-6H2,2-3H3/t9-/m1/s1. The summed E-state index contributed by atoms with van der Waals surface area (Å²) in [7, 11) is 0. The zero-order valence-electron chi connectivity index (χ0n) is 11.2. The molecule has 0 aliphatic heterocycles. The van der Waals surface area contributed by atoms with Gasteiger partial charge in [0.2, 0.25) is 0 Å². The fourth-order valence-electron chi connectivity index (χ4n) is 1.13. The Bertz CT molecular complexity index is 561. The van der Waals surface area contributed by atoms with E-state index in [2.05, 4.69) is 16.8 Å². The molecule has 1 rings (SSSR count). The molecular formula is C12H14N4OS3. The number of nitrogens with one attached hydrogen (secondary N) is 1. The number of nitriles is 1. The van der Waals surface area contributed by atoms with E-state index >= 15 is 0 Å². The molecule has 0 amide bonds. The van der Waals surface area contributed by atoms with Gasteiger partial charge in [-0.1, -0.05) is 47.0 Å². The summed E-state index contributed by atoms with van der Waals surface area (Å²) in [6.07, 6.45) is 0. The van der Waals surface area contributed by atoms with Crippen LogP contribution >= 0.6 is 34.9 Å². The maximum absolute atomic E-state index is 11.8. The van der Waals surface area contributed by atoms with Crippen LogP contribution in [0.5, 0.6) is 0 Å². The van der Waals surface area contributed by atoms with Crippen LogP contribution < -0.4 is 0 Å². The fraction of sp³-hybridized carbons (Fsp3) is 0.417. The Morgan fingerprint density at radius 3 is 2.40 bits per heavy atom. The Morgan fingerprint density at radius 1 is 1.40 bits per heavy atom. The molecule has 1 heterocycles. The first kappa shape index (κ1) is 16.9. The lowest BCUT2D eigenvalue weighted by Gasteiger charge is -2.03. The maximum Gasteiger partial charge on any atom is 0.175 e. The molecule has 0 saturated carbocycles. The largest absolute Gasteiger partial charge is 0.308 e. The van der Waals surface area contributed by atoms with E-state index in [0.29, 0.717) is 4.34 Å². The lowest BCUT2D eigenvalue weighted by atomic mass is 10.0. The molecular weight excluding hydrogens is 312 g/mol. The highest BCUT2D eigenvalue weighted by Crippen LogP contribution is 2.29. The van der Waals surface area contributed by atoms with Crippen molar-refractivity contribution < 1.29 is 4.79 Å². The smallest absolute Gasteiger partial charge is 0.175 e. The van der Waals surface area contributed by atoms with Crippen LogP contribution in [0.2, 0.25) is 0 Å². The van der Waals surface area contributed by atoms with E-state index in [-0.39, 0.29) is 17.2 Å². The van der Waals surface area contributed by atoms with Crippen molar-refractivity contribution >= 4 is 46.4 Å². The SMILES string of the molecule is C=C(C)CSc1nnc(SCC(=O)[C@H](C#N)C(C)=N)s1. The summed E-state index contributed by atoms with van der Waals surface area (Å²) in [4.78, 5) is 11.8. The number of carbonyl (C=O) groups is 1. The average Bonchev–Trinajstić information content (AvgIpc) is 2.82. The van der Waals surface area contributed by atoms with Gasteiger partial charge in [-0.3, -0.25) is 4.79 Å². The van der Waals surface area contributed by atoms with Gasteiger partial charge in [0.1, 0.15) is 5.92 Å². The molecule has 0 unspecified atom stereocenters. The van der Waals surface area contributed by atoms with Gasteiger partial charge in [-0.15, -0.1) is 10.2 Å². The first-order valence-corrected chi connectivity index (χ1v) is 8.43. The second-order valence-electron chi connectivity index (χ2n) is 4.08. The van der Waals surface area contributed by atoms with E-state index in [9.17, 15) is 4.79 Å². The molecule has 0 bridgehead atoms. The molecule has 1 aromatic rings. The predicted octanol–water partition coefficient (Wildman–Crippen LogP) is 3.05. The Hall–Kier alpha value is -1.17. The third-order valence-corrected chi connectivity index (χ3v) is 5.49. The molecule has 0 aliphatic carbocycles. The molecule has 8 heteroatoms. The minimum Gasteiger partial charge on any atom is -0.308 e. The molecule has 1 atom stereocenters. The van der Waals surface area contributed by atoms with E-state index in [1.165, 1.54) is 30.0 Å². The van der Waals surface area contributed by atoms with Crippen LogP contribution in [-0.2, 0) is 4.79 Å². The van der Waals surface area contributed by atoms with Crippen LogP contribution in [0, 0.1) is 22.7 Å². The highest BCUT2D eigenvalue weighted by Gasteiger charge is 2.20. The normalized spacial score (nSPS) is 11.7. The number of hydrogen-bond acceptors (Lipinski definition) is 8. The van der Waals surface area contributed by atoms with Crippen molar-refractivity contribution in [1.82, 2.24) is 10.2 Å². The van der Waals surface area contributed by atoms with Crippen LogP contribution in [0.1, 0.15) is 13.8 Å². The Labute approximate surface area is 130 Å². The van der Waals surface area contributed by atoms with Gasteiger partial charge in [-0.2, -0.15) is 5.26 Å². The monoisotopic (exact) mass is 326 g/mol. The van der Waals surface area contributed by atoms with Crippen LogP contribution in [0.15, 0.2) is 20.8 Å². The van der Waals surface area contributed by atoms with Gasteiger partial charge in [0.05, 0.1) is 11.8 Å². The van der Waals surface area contributed by atoms with Crippen molar-refractivity contribution in [2.24, 2.45) is 5.92 Å². The van der Waals surface area contributed by atoms with Crippen molar-refractivity contribution in [1.29, 1.82) is 10.7 Å². The second-order valence-corrected chi connectivity index (χ2v) is 7.50. The van der Waals surface area contributed by atoms with Gasteiger partial charge >= 0.3 is 0 Å². The third kappa shape index (κ3) is 5.45. The zero-order chi connectivity index (χ0) is 15.1. The Morgan fingerprint density at radius 2 is 1.95 bits per heavy atom. The number of hydrogen-bond donors (Lipinski definition) is 1. The summed E-state index contributed by atoms with van der Waals surface area (Å²) in [5, 5.41) is 24.2. The van der Waals surface area contributed by atoms with Gasteiger partial charge < -0.3 is 5.41 Å². The molecule has 20 heavy (non-hydrogen) atoms. The second kappa shape index (κ2) is 8.19. The van der Waals surface area contributed by atoms with E-state index in [1.54, 1.807) is 11.8 Å². The first-order chi connectivity index (χ1) is 9.43. The number of nitrogens with zero attached hydrogens (tertiary/aromatic N) is 3. The maximum atomic E-state index is 11.8. The van der Waals surface area contributed by atoms with E-state index < -0.39 is 5.92 Å². The lowest BCUT2D eigenvalue weighted by molar-refractivity contribution is -0.117. The molecule has 0 radical (unpaired) electrons. The zero-order valence-corrected chi connectivity index (χ0v) is 13.6. The number of carbonyl (C=O) groups excluding carboxylic acids is 1. The number of thioether (sulfide) groups is 2. The molecule has 5 nitrogen and oxygen atoms in total. The average molecular weight is 326 g/mol. The Kier molecular flexibility index (Phi) is 6.91. The van der Waals surface area contributed by atoms with Gasteiger partial charge in [0, 0.05) is 11.5 Å². The van der Waals surface area contributed by atoms with Crippen LogP contribution in [-0.4, -0.2) is 33.2 Å². The van der Waals surface area contributed by atoms with Crippen molar-refractivity contribution in [3.8, 4) is 6.07 Å². The number of Topliss-reactive ketones (excluding diaryl/α,β-unsaturated/α-hetero) is 1. The van der Waals surface area contributed by atoms with E-state index in [4.69, 9.17) is 10.7 Å². The van der Waals surface area contributed by atoms with Crippen LogP contribution in [0.3, 0.4) is 0 Å². The van der Waals surface area contributed by atoms with Gasteiger partial charge in [-0.05, 0) is 13.8 Å². The third-order valence-electron chi connectivity index (χ3n) is 2.05. The summed E-state index contributed by atoms with van der Waals surface area (Å²) >= 11 is 4.23. The first-order valence-electron chi connectivity index (χ1n) is 5.65.